The monoisotopic (exact) mass is 539 g/mol. The molecule has 0 amide bonds. The lowest BCUT2D eigenvalue weighted by molar-refractivity contribution is -0.386. The molecule has 0 N–H and O–H groups in total. The fourth-order valence-corrected chi connectivity index (χ4v) is 4.85. The second kappa shape index (κ2) is 10.4. The molecule has 1 aliphatic rings. The highest BCUT2D eigenvalue weighted by Crippen LogP contribution is 2.34. The molecule has 5 rings (SSSR count). The van der Waals surface area contributed by atoms with Crippen LogP contribution in [0.15, 0.2) is 76.6 Å². The summed E-state index contributed by atoms with van der Waals surface area (Å²) in [6.07, 6.45) is 0.283. The van der Waals surface area contributed by atoms with Gasteiger partial charge in [-0.05, 0) is 42.9 Å². The Balaban J connectivity index is 1.62. The lowest BCUT2D eigenvalue weighted by atomic mass is 9.93. The van der Waals surface area contributed by atoms with Gasteiger partial charge in [-0.15, -0.1) is 0 Å². The fraction of sp³-hybridized carbons (Fsp3) is 0.296. The number of nitro groups is 1. The maximum absolute atomic E-state index is 13.6. The minimum Gasteiger partial charge on any atom is -0.287 e. The summed E-state index contributed by atoms with van der Waals surface area (Å²) >= 11 is 0. The summed E-state index contributed by atoms with van der Waals surface area (Å²) in [6.45, 7) is -0.217. The molecule has 1 fully saturated rings. The fourth-order valence-electron chi connectivity index (χ4n) is 4.85. The van der Waals surface area contributed by atoms with Gasteiger partial charge in [0, 0.05) is 24.3 Å². The third-order valence-corrected chi connectivity index (χ3v) is 7.00. The van der Waals surface area contributed by atoms with Crippen molar-refractivity contribution < 1.29 is 18.1 Å². The normalized spacial score (nSPS) is 13.8. The van der Waals surface area contributed by atoms with Crippen LogP contribution in [0.3, 0.4) is 0 Å². The van der Waals surface area contributed by atoms with Gasteiger partial charge in [-0.1, -0.05) is 48.5 Å². The van der Waals surface area contributed by atoms with Gasteiger partial charge in [-0.25, -0.2) is 4.79 Å². The highest BCUT2D eigenvalue weighted by Gasteiger charge is 2.35. The van der Waals surface area contributed by atoms with Crippen LogP contribution in [0.25, 0.3) is 11.3 Å². The zero-order valence-electron chi connectivity index (χ0n) is 20.7. The Morgan fingerprint density at radius 2 is 1.72 bits per heavy atom. The van der Waals surface area contributed by atoms with Gasteiger partial charge in [0.25, 0.3) is 0 Å². The standard InChI is InChI=1S/C27H24F3N5O4/c28-27(29,30)22-12-5-4-9-19(22)16-32-17-20(15-31-32)23-24(35(38)39)25(36)34(21-10-6-11-21)26(37)33(23)14-13-18-7-2-1-3-8-18/h1-5,7-9,12,15,17,21H,6,10-11,13-14,16H2. The Kier molecular flexibility index (Phi) is 6.94. The zero-order valence-corrected chi connectivity index (χ0v) is 20.7. The van der Waals surface area contributed by atoms with Crippen molar-refractivity contribution in [2.24, 2.45) is 0 Å². The first-order chi connectivity index (χ1) is 18.6. The molecule has 9 nitrogen and oxygen atoms in total. The van der Waals surface area contributed by atoms with Gasteiger partial charge >= 0.3 is 23.1 Å². The van der Waals surface area contributed by atoms with E-state index in [1.807, 2.05) is 30.3 Å². The highest BCUT2D eigenvalue weighted by molar-refractivity contribution is 5.68. The molecule has 12 heteroatoms. The van der Waals surface area contributed by atoms with Crippen molar-refractivity contribution in [3.63, 3.8) is 0 Å². The second-order valence-electron chi connectivity index (χ2n) is 9.47. The van der Waals surface area contributed by atoms with Gasteiger partial charge in [0.1, 0.15) is 5.69 Å². The van der Waals surface area contributed by atoms with E-state index >= 15 is 0 Å². The summed E-state index contributed by atoms with van der Waals surface area (Å²) in [5.41, 5.74) is -2.51. The van der Waals surface area contributed by atoms with Crippen molar-refractivity contribution in [3.05, 3.63) is 115 Å². The van der Waals surface area contributed by atoms with Crippen LogP contribution in [0.2, 0.25) is 0 Å². The smallest absolute Gasteiger partial charge is 0.287 e. The maximum Gasteiger partial charge on any atom is 0.416 e. The molecule has 0 bridgehead atoms. The molecule has 1 saturated carbocycles. The lowest BCUT2D eigenvalue weighted by Crippen LogP contribution is -2.45. The number of aryl methyl sites for hydroxylation is 1. The summed E-state index contributed by atoms with van der Waals surface area (Å²) in [7, 11) is 0. The summed E-state index contributed by atoms with van der Waals surface area (Å²) in [5.74, 6) is 0. The lowest BCUT2D eigenvalue weighted by Gasteiger charge is -2.27. The molecule has 4 aromatic rings. The molecule has 2 aromatic carbocycles. The van der Waals surface area contributed by atoms with E-state index in [0.717, 1.165) is 22.6 Å². The van der Waals surface area contributed by atoms with E-state index < -0.39 is 39.6 Å². The van der Waals surface area contributed by atoms with Crippen molar-refractivity contribution in [1.29, 1.82) is 0 Å². The first-order valence-electron chi connectivity index (χ1n) is 12.4. The molecule has 0 aliphatic heterocycles. The van der Waals surface area contributed by atoms with E-state index in [9.17, 15) is 32.9 Å². The van der Waals surface area contributed by atoms with Crippen LogP contribution in [-0.4, -0.2) is 23.8 Å². The molecule has 2 aromatic heterocycles. The zero-order chi connectivity index (χ0) is 27.7. The number of nitrogens with zero attached hydrogens (tertiary/aromatic N) is 5. The number of hydrogen-bond donors (Lipinski definition) is 0. The van der Waals surface area contributed by atoms with Crippen molar-refractivity contribution in [2.75, 3.05) is 0 Å². The number of aromatic nitrogens is 4. The van der Waals surface area contributed by atoms with Gasteiger partial charge < -0.3 is 0 Å². The number of benzene rings is 2. The minimum atomic E-state index is -4.57. The third-order valence-electron chi connectivity index (χ3n) is 7.00. The van der Waals surface area contributed by atoms with Crippen LogP contribution in [0.4, 0.5) is 18.9 Å². The Labute approximate surface area is 219 Å². The van der Waals surface area contributed by atoms with Crippen LogP contribution in [0.5, 0.6) is 0 Å². The Hall–Kier alpha value is -4.48. The molecule has 0 unspecified atom stereocenters. The predicted octanol–water partition coefficient (Wildman–Crippen LogP) is 4.82. The molecular weight excluding hydrogens is 515 g/mol. The van der Waals surface area contributed by atoms with Crippen LogP contribution in [-0.2, 0) is 25.7 Å². The van der Waals surface area contributed by atoms with E-state index in [1.54, 1.807) is 0 Å². The van der Waals surface area contributed by atoms with Crippen LogP contribution in [0, 0.1) is 10.1 Å². The van der Waals surface area contributed by atoms with Crippen molar-refractivity contribution >= 4 is 5.69 Å². The van der Waals surface area contributed by atoms with E-state index in [0.29, 0.717) is 19.3 Å². The van der Waals surface area contributed by atoms with Gasteiger partial charge in [0.2, 0.25) is 0 Å². The quantitative estimate of drug-likeness (QED) is 0.236. The molecule has 0 spiro atoms. The second-order valence-corrected chi connectivity index (χ2v) is 9.47. The third kappa shape index (κ3) is 5.14. The van der Waals surface area contributed by atoms with Crippen LogP contribution in [0.1, 0.15) is 42.0 Å². The largest absolute Gasteiger partial charge is 0.416 e. The number of halogens is 3. The molecule has 2 heterocycles. The average Bonchev–Trinajstić information content (AvgIpc) is 3.32. The molecule has 0 radical (unpaired) electrons. The summed E-state index contributed by atoms with van der Waals surface area (Å²) < 4.78 is 43.9. The first-order valence-corrected chi connectivity index (χ1v) is 12.4. The molecule has 202 valence electrons. The van der Waals surface area contributed by atoms with Gasteiger partial charge in [-0.3, -0.25) is 28.7 Å². The minimum absolute atomic E-state index is 0.0454. The van der Waals surface area contributed by atoms with Crippen molar-refractivity contribution in [3.8, 4) is 11.3 Å². The molecule has 39 heavy (non-hydrogen) atoms. The average molecular weight is 540 g/mol. The van der Waals surface area contributed by atoms with Gasteiger partial charge in [-0.2, -0.15) is 18.3 Å². The maximum atomic E-state index is 13.6. The highest BCUT2D eigenvalue weighted by atomic mass is 19.4. The number of hydrogen-bond acceptors (Lipinski definition) is 5. The van der Waals surface area contributed by atoms with E-state index in [-0.39, 0.29) is 29.9 Å². The molecular formula is C27H24F3N5O4. The topological polar surface area (TPSA) is 105 Å². The summed E-state index contributed by atoms with van der Waals surface area (Å²) in [4.78, 5) is 38.3. The molecule has 0 atom stereocenters. The van der Waals surface area contributed by atoms with Crippen molar-refractivity contribution in [2.45, 2.75) is 51.0 Å². The Morgan fingerprint density at radius 3 is 2.36 bits per heavy atom. The van der Waals surface area contributed by atoms with E-state index in [1.165, 1.54) is 39.8 Å². The Bertz CT molecular complexity index is 1640. The van der Waals surface area contributed by atoms with Crippen LogP contribution < -0.4 is 11.2 Å². The Morgan fingerprint density at radius 1 is 1.03 bits per heavy atom. The number of rotatable bonds is 8. The van der Waals surface area contributed by atoms with Crippen molar-refractivity contribution in [1.82, 2.24) is 18.9 Å². The predicted molar refractivity (Wildman–Crippen MR) is 136 cm³/mol. The van der Waals surface area contributed by atoms with Gasteiger partial charge in [0.15, 0.2) is 0 Å². The number of alkyl halides is 3. The first kappa shape index (κ1) is 26.1. The molecule has 1 aliphatic carbocycles. The van der Waals surface area contributed by atoms with Gasteiger partial charge in [0.05, 0.1) is 23.2 Å². The molecule has 0 saturated heterocycles. The summed E-state index contributed by atoms with van der Waals surface area (Å²) in [6, 6.07) is 13.9. The SMILES string of the molecule is O=c1c([N+](=O)[O-])c(-c2cnn(Cc3ccccc3C(F)(F)F)c2)n(CCc2ccccc2)c(=O)n1C1CCC1. The van der Waals surface area contributed by atoms with Crippen LogP contribution >= 0.6 is 0 Å². The summed E-state index contributed by atoms with van der Waals surface area (Å²) in [5, 5.41) is 16.3. The van der Waals surface area contributed by atoms with E-state index in [4.69, 9.17) is 0 Å². The van der Waals surface area contributed by atoms with E-state index in [2.05, 4.69) is 5.10 Å².